The molecule has 0 saturated heterocycles. The van der Waals surface area contributed by atoms with E-state index in [1.165, 1.54) is 6.07 Å². The monoisotopic (exact) mass is 241 g/mol. The van der Waals surface area contributed by atoms with Gasteiger partial charge in [0.05, 0.1) is 11.1 Å². The van der Waals surface area contributed by atoms with E-state index in [9.17, 15) is 4.79 Å². The maximum atomic E-state index is 10.6. The molecule has 0 radical (unpaired) electrons. The maximum Gasteiger partial charge on any atom is 0.337 e. The molecule has 2 N–H and O–H groups in total. The molecular weight excluding hydrogens is 238 g/mol. The first-order valence-corrected chi connectivity index (χ1v) is 4.01. The topological polar surface area (TPSA) is 81.3 Å². The molecule has 0 atom stereocenters. The second-order valence-corrected chi connectivity index (χ2v) is 3.12. The van der Waals surface area contributed by atoms with Crippen LogP contribution in [0.25, 0.3) is 0 Å². The van der Waals surface area contributed by atoms with Crippen molar-refractivity contribution in [1.29, 1.82) is 5.26 Å². The van der Waals surface area contributed by atoms with E-state index < -0.39 is 5.97 Å². The predicted octanol–water partition coefficient (Wildman–Crippen LogP) is 1.72. The zero-order chi connectivity index (χ0) is 10.0. The van der Waals surface area contributed by atoms with Crippen molar-refractivity contribution in [3.8, 4) is 11.8 Å². The standard InChI is InChI=1S/C8H4BrNO3/c9-7-2-4(11)1-5(8(12)13)6(7)3-10/h1-2,11H,(H,12,13). The van der Waals surface area contributed by atoms with Crippen LogP contribution >= 0.6 is 15.9 Å². The van der Waals surface area contributed by atoms with E-state index in [1.54, 1.807) is 6.07 Å². The Labute approximate surface area is 82.2 Å². The molecule has 0 spiro atoms. The number of nitrogens with zero attached hydrogens (tertiary/aromatic N) is 1. The Bertz CT molecular complexity index is 409. The third-order valence-electron chi connectivity index (χ3n) is 1.42. The number of aromatic carboxylic acids is 1. The Hall–Kier alpha value is -1.54. The number of benzene rings is 1. The van der Waals surface area contributed by atoms with Gasteiger partial charge in [-0.2, -0.15) is 5.26 Å². The minimum Gasteiger partial charge on any atom is -0.508 e. The zero-order valence-corrected chi connectivity index (χ0v) is 7.87. The molecule has 0 amide bonds. The van der Waals surface area contributed by atoms with Gasteiger partial charge in [-0.1, -0.05) is 0 Å². The summed E-state index contributed by atoms with van der Waals surface area (Å²) in [5.41, 5.74) is -0.209. The summed E-state index contributed by atoms with van der Waals surface area (Å²) in [7, 11) is 0. The lowest BCUT2D eigenvalue weighted by Crippen LogP contribution is -2.00. The fraction of sp³-hybridized carbons (Fsp3) is 0. The summed E-state index contributed by atoms with van der Waals surface area (Å²) >= 11 is 2.98. The number of hydrogen-bond donors (Lipinski definition) is 2. The highest BCUT2D eigenvalue weighted by Crippen LogP contribution is 2.25. The van der Waals surface area contributed by atoms with Gasteiger partial charge < -0.3 is 10.2 Å². The summed E-state index contributed by atoms with van der Waals surface area (Å²) in [5, 5.41) is 26.3. The van der Waals surface area contributed by atoms with Crippen molar-refractivity contribution in [2.24, 2.45) is 0 Å². The number of aromatic hydroxyl groups is 1. The van der Waals surface area contributed by atoms with Gasteiger partial charge in [-0.15, -0.1) is 0 Å². The van der Waals surface area contributed by atoms with Crippen molar-refractivity contribution < 1.29 is 15.0 Å². The van der Waals surface area contributed by atoms with Gasteiger partial charge in [0, 0.05) is 4.47 Å². The first-order chi connectivity index (χ1) is 6.06. The third-order valence-corrected chi connectivity index (χ3v) is 2.04. The number of rotatable bonds is 1. The number of phenolic OH excluding ortho intramolecular Hbond substituents is 1. The lowest BCUT2D eigenvalue weighted by Gasteiger charge is -2.01. The summed E-state index contributed by atoms with van der Waals surface area (Å²) < 4.78 is 0.271. The number of nitriles is 1. The molecule has 0 fully saturated rings. The average Bonchev–Trinajstić information content (AvgIpc) is 2.02. The van der Waals surface area contributed by atoms with Crippen molar-refractivity contribution in [1.82, 2.24) is 0 Å². The molecule has 66 valence electrons. The molecule has 0 heterocycles. The van der Waals surface area contributed by atoms with E-state index in [0.29, 0.717) is 0 Å². The van der Waals surface area contributed by atoms with Crippen LogP contribution in [0.1, 0.15) is 15.9 Å². The number of carbonyl (C=O) groups is 1. The highest BCUT2D eigenvalue weighted by Gasteiger charge is 2.14. The first kappa shape index (κ1) is 9.55. The molecule has 0 aliphatic rings. The smallest absolute Gasteiger partial charge is 0.337 e. The Kier molecular flexibility index (Phi) is 2.54. The highest BCUT2D eigenvalue weighted by atomic mass is 79.9. The molecule has 0 aliphatic heterocycles. The zero-order valence-electron chi connectivity index (χ0n) is 6.28. The minimum absolute atomic E-state index is 0.00491. The van der Waals surface area contributed by atoms with Crippen molar-refractivity contribution >= 4 is 21.9 Å². The van der Waals surface area contributed by atoms with Crippen molar-refractivity contribution in [2.45, 2.75) is 0 Å². The van der Waals surface area contributed by atoms with Crippen LogP contribution in [0, 0.1) is 11.3 Å². The summed E-state index contributed by atoms with van der Waals surface area (Å²) in [4.78, 5) is 10.6. The van der Waals surface area contributed by atoms with Crippen LogP contribution in [0.15, 0.2) is 16.6 Å². The molecule has 0 aromatic heterocycles. The normalized spacial score (nSPS) is 9.23. The lowest BCUT2D eigenvalue weighted by molar-refractivity contribution is 0.0696. The van der Waals surface area contributed by atoms with Crippen molar-refractivity contribution in [2.75, 3.05) is 0 Å². The summed E-state index contributed by atoms with van der Waals surface area (Å²) in [6.07, 6.45) is 0. The minimum atomic E-state index is -1.24. The first-order valence-electron chi connectivity index (χ1n) is 3.22. The average molecular weight is 242 g/mol. The number of halogens is 1. The van der Waals surface area contributed by atoms with Gasteiger partial charge in [-0.25, -0.2) is 4.79 Å². The number of carboxylic acid groups (broad SMARTS) is 1. The quantitative estimate of drug-likeness (QED) is 0.785. The fourth-order valence-electron chi connectivity index (χ4n) is 0.875. The molecule has 4 nitrogen and oxygen atoms in total. The number of hydrogen-bond acceptors (Lipinski definition) is 3. The van der Waals surface area contributed by atoms with Crippen LogP contribution in [0.3, 0.4) is 0 Å². The Morgan fingerprint density at radius 2 is 2.15 bits per heavy atom. The largest absolute Gasteiger partial charge is 0.508 e. The van der Waals surface area contributed by atoms with Crippen LogP contribution in [0.5, 0.6) is 5.75 Å². The van der Waals surface area contributed by atoms with Crippen LogP contribution in [0.4, 0.5) is 0 Å². The molecule has 0 bridgehead atoms. The molecule has 0 aliphatic carbocycles. The number of carboxylic acids is 1. The van der Waals surface area contributed by atoms with E-state index in [-0.39, 0.29) is 21.3 Å². The van der Waals surface area contributed by atoms with E-state index in [2.05, 4.69) is 15.9 Å². The van der Waals surface area contributed by atoms with E-state index in [0.717, 1.165) is 6.07 Å². The molecule has 13 heavy (non-hydrogen) atoms. The summed E-state index contributed by atoms with van der Waals surface area (Å²) in [5.74, 6) is -1.43. The fourth-order valence-corrected chi connectivity index (χ4v) is 1.41. The summed E-state index contributed by atoms with van der Waals surface area (Å²) in [6.45, 7) is 0. The highest BCUT2D eigenvalue weighted by molar-refractivity contribution is 9.10. The maximum absolute atomic E-state index is 10.6. The molecule has 0 unspecified atom stereocenters. The van der Waals surface area contributed by atoms with Gasteiger partial charge in [0.2, 0.25) is 0 Å². The molecular formula is C8H4BrNO3. The second-order valence-electron chi connectivity index (χ2n) is 2.27. The van der Waals surface area contributed by atoms with Gasteiger partial charge in [0.15, 0.2) is 0 Å². The molecule has 0 saturated carbocycles. The Morgan fingerprint density at radius 1 is 1.54 bits per heavy atom. The predicted molar refractivity (Wildman–Crippen MR) is 47.5 cm³/mol. The second kappa shape index (κ2) is 3.46. The van der Waals surface area contributed by atoms with E-state index in [1.807, 2.05) is 0 Å². The molecule has 5 heteroatoms. The van der Waals surface area contributed by atoms with E-state index >= 15 is 0 Å². The van der Waals surface area contributed by atoms with Gasteiger partial charge in [0.25, 0.3) is 0 Å². The number of phenols is 1. The third kappa shape index (κ3) is 1.79. The van der Waals surface area contributed by atoms with E-state index in [4.69, 9.17) is 15.5 Å². The SMILES string of the molecule is N#Cc1c(Br)cc(O)cc1C(=O)O. The van der Waals surface area contributed by atoms with Gasteiger partial charge >= 0.3 is 5.97 Å². The van der Waals surface area contributed by atoms with Gasteiger partial charge in [0.1, 0.15) is 11.8 Å². The van der Waals surface area contributed by atoms with Crippen molar-refractivity contribution in [3.05, 3.63) is 27.7 Å². The van der Waals surface area contributed by atoms with Crippen molar-refractivity contribution in [3.63, 3.8) is 0 Å². The van der Waals surface area contributed by atoms with Crippen LogP contribution in [-0.4, -0.2) is 16.2 Å². The van der Waals surface area contributed by atoms with Gasteiger partial charge in [-0.3, -0.25) is 0 Å². The molecule has 1 rings (SSSR count). The van der Waals surface area contributed by atoms with Crippen LogP contribution in [0.2, 0.25) is 0 Å². The van der Waals surface area contributed by atoms with Gasteiger partial charge in [-0.05, 0) is 28.1 Å². The van der Waals surface area contributed by atoms with Crippen LogP contribution in [-0.2, 0) is 0 Å². The Balaban J connectivity index is 3.50. The molecule has 1 aromatic carbocycles. The van der Waals surface area contributed by atoms with Crippen LogP contribution < -0.4 is 0 Å². The lowest BCUT2D eigenvalue weighted by atomic mass is 10.1. The molecule has 1 aromatic rings. The summed E-state index contributed by atoms with van der Waals surface area (Å²) in [6, 6.07) is 4.04. The Morgan fingerprint density at radius 3 is 2.62 bits per heavy atom.